The molecule has 118 valence electrons. The largest absolute Gasteiger partial charge is 0.440 e. The summed E-state index contributed by atoms with van der Waals surface area (Å²) in [7, 11) is 0. The van der Waals surface area contributed by atoms with Gasteiger partial charge < -0.3 is 15.0 Å². The van der Waals surface area contributed by atoms with Gasteiger partial charge in [-0.2, -0.15) is 13.2 Å². The molecule has 0 aromatic heterocycles. The second-order valence-electron chi connectivity index (χ2n) is 4.39. The molecule has 0 unspecified atom stereocenters. The topological polar surface area (TPSA) is 41.6 Å². The van der Waals surface area contributed by atoms with Crippen molar-refractivity contribution in [2.45, 2.75) is 19.5 Å². The molecular formula is C14H19F3N2O2. The van der Waals surface area contributed by atoms with Crippen LogP contribution in [0.2, 0.25) is 0 Å². The van der Waals surface area contributed by atoms with Crippen LogP contribution >= 0.6 is 0 Å². The highest BCUT2D eigenvalue weighted by Gasteiger charge is 2.29. The molecule has 0 spiro atoms. The zero-order valence-electron chi connectivity index (χ0n) is 11.8. The van der Waals surface area contributed by atoms with E-state index in [2.05, 4.69) is 15.0 Å². The van der Waals surface area contributed by atoms with E-state index < -0.39 is 18.9 Å². The van der Waals surface area contributed by atoms with Crippen LogP contribution in [0.1, 0.15) is 13.3 Å². The van der Waals surface area contributed by atoms with Gasteiger partial charge in [0.05, 0.1) is 0 Å². The zero-order chi connectivity index (χ0) is 15.7. The third kappa shape index (κ3) is 7.43. The van der Waals surface area contributed by atoms with Gasteiger partial charge in [-0.15, -0.1) is 0 Å². The van der Waals surface area contributed by atoms with Crippen molar-refractivity contribution in [1.29, 1.82) is 0 Å². The van der Waals surface area contributed by atoms with Gasteiger partial charge in [-0.25, -0.2) is 4.79 Å². The van der Waals surface area contributed by atoms with Crippen LogP contribution in [0.4, 0.5) is 23.7 Å². The molecule has 0 aliphatic carbocycles. The Morgan fingerprint density at radius 1 is 1.29 bits per heavy atom. The molecule has 0 fully saturated rings. The van der Waals surface area contributed by atoms with Crippen LogP contribution in [0.15, 0.2) is 30.3 Å². The Bertz CT molecular complexity index is 424. The number of carbonyl (C=O) groups excluding carboxylic acids is 1. The van der Waals surface area contributed by atoms with Gasteiger partial charge in [0.15, 0.2) is 6.61 Å². The molecule has 21 heavy (non-hydrogen) atoms. The number of nitrogens with one attached hydrogen (secondary N) is 1. The quantitative estimate of drug-likeness (QED) is 0.787. The van der Waals surface area contributed by atoms with Crippen LogP contribution in [0, 0.1) is 0 Å². The minimum Gasteiger partial charge on any atom is -0.440 e. The van der Waals surface area contributed by atoms with Crippen molar-refractivity contribution in [2.75, 3.05) is 31.1 Å². The molecule has 4 nitrogen and oxygen atoms in total. The van der Waals surface area contributed by atoms with E-state index in [1.165, 1.54) is 0 Å². The van der Waals surface area contributed by atoms with Gasteiger partial charge in [0.1, 0.15) is 0 Å². The molecule has 7 heteroatoms. The summed E-state index contributed by atoms with van der Waals surface area (Å²) < 4.78 is 39.5. The molecule has 1 rings (SSSR count). The van der Waals surface area contributed by atoms with Crippen LogP contribution in [-0.4, -0.2) is 38.5 Å². The molecular weight excluding hydrogens is 285 g/mol. The van der Waals surface area contributed by atoms with E-state index in [0.29, 0.717) is 13.0 Å². The summed E-state index contributed by atoms with van der Waals surface area (Å²) in [5, 5.41) is 2.30. The molecule has 1 aromatic rings. The van der Waals surface area contributed by atoms with E-state index in [1.54, 1.807) is 0 Å². The molecule has 1 aromatic carbocycles. The summed E-state index contributed by atoms with van der Waals surface area (Å²) in [6.45, 7) is 2.21. The van der Waals surface area contributed by atoms with Crippen LogP contribution in [0.25, 0.3) is 0 Å². The second-order valence-corrected chi connectivity index (χ2v) is 4.39. The number of anilines is 1. The van der Waals surface area contributed by atoms with Gasteiger partial charge in [0.25, 0.3) is 0 Å². The minimum absolute atomic E-state index is 0.264. The van der Waals surface area contributed by atoms with Gasteiger partial charge in [0, 0.05) is 25.3 Å². The number of alkyl carbamates (subject to hydrolysis) is 1. The molecule has 0 atom stereocenters. The first-order chi connectivity index (χ1) is 9.92. The van der Waals surface area contributed by atoms with Crippen molar-refractivity contribution in [2.24, 2.45) is 0 Å². The lowest BCUT2D eigenvalue weighted by molar-refractivity contribution is -0.160. The number of nitrogens with zero attached hydrogens (tertiary/aromatic N) is 1. The maximum Gasteiger partial charge on any atom is 0.422 e. The predicted octanol–water partition coefficient (Wildman–Crippen LogP) is 3.19. The fraction of sp³-hybridized carbons (Fsp3) is 0.500. The molecule has 1 amide bonds. The first-order valence-electron chi connectivity index (χ1n) is 6.69. The highest BCUT2D eigenvalue weighted by atomic mass is 19.4. The number of hydrogen-bond acceptors (Lipinski definition) is 3. The third-order valence-electron chi connectivity index (χ3n) is 2.74. The Morgan fingerprint density at radius 2 is 1.95 bits per heavy atom. The third-order valence-corrected chi connectivity index (χ3v) is 2.74. The predicted molar refractivity (Wildman–Crippen MR) is 74.4 cm³/mol. The second kappa shape index (κ2) is 8.39. The number of para-hydroxylation sites is 1. The molecule has 0 aliphatic heterocycles. The SMILES string of the molecule is CCN(CCCNC(=O)OCC(F)(F)F)c1ccccc1. The van der Waals surface area contributed by atoms with Crippen LogP contribution in [-0.2, 0) is 4.74 Å². The lowest BCUT2D eigenvalue weighted by Gasteiger charge is -2.23. The number of benzene rings is 1. The van der Waals surface area contributed by atoms with E-state index in [4.69, 9.17) is 0 Å². The Labute approximate surface area is 121 Å². The lowest BCUT2D eigenvalue weighted by Crippen LogP contribution is -2.32. The van der Waals surface area contributed by atoms with Crippen molar-refractivity contribution in [3.63, 3.8) is 0 Å². The van der Waals surface area contributed by atoms with Crippen molar-refractivity contribution in [1.82, 2.24) is 5.32 Å². The molecule has 0 saturated carbocycles. The van der Waals surface area contributed by atoms with E-state index in [1.807, 2.05) is 37.3 Å². The number of rotatable bonds is 7. The average Bonchev–Trinajstić information content (AvgIpc) is 2.45. The number of carbonyl (C=O) groups is 1. The zero-order valence-corrected chi connectivity index (χ0v) is 11.8. The van der Waals surface area contributed by atoms with Gasteiger partial charge in [-0.3, -0.25) is 0 Å². The van der Waals surface area contributed by atoms with Gasteiger partial charge >= 0.3 is 12.3 Å². The highest BCUT2D eigenvalue weighted by molar-refractivity contribution is 5.67. The van der Waals surface area contributed by atoms with Crippen molar-refractivity contribution in [3.8, 4) is 0 Å². The highest BCUT2D eigenvalue weighted by Crippen LogP contribution is 2.14. The van der Waals surface area contributed by atoms with Crippen LogP contribution < -0.4 is 10.2 Å². The monoisotopic (exact) mass is 304 g/mol. The molecule has 1 N–H and O–H groups in total. The number of hydrogen-bond donors (Lipinski definition) is 1. The fourth-order valence-corrected chi connectivity index (χ4v) is 1.77. The van der Waals surface area contributed by atoms with E-state index in [0.717, 1.165) is 12.2 Å². The number of alkyl halides is 3. The first kappa shape index (κ1) is 17.1. The maximum atomic E-state index is 11.8. The van der Waals surface area contributed by atoms with Gasteiger partial charge in [0.2, 0.25) is 0 Å². The Balaban J connectivity index is 2.22. The normalized spacial score (nSPS) is 11.0. The molecule has 0 bridgehead atoms. The molecule has 0 saturated heterocycles. The van der Waals surface area contributed by atoms with Crippen molar-refractivity contribution in [3.05, 3.63) is 30.3 Å². The summed E-state index contributed by atoms with van der Waals surface area (Å²) in [5.41, 5.74) is 1.07. The lowest BCUT2D eigenvalue weighted by atomic mass is 10.2. The Kier molecular flexibility index (Phi) is 6.84. The fourth-order valence-electron chi connectivity index (χ4n) is 1.77. The summed E-state index contributed by atoms with van der Waals surface area (Å²) in [5.74, 6) is 0. The summed E-state index contributed by atoms with van der Waals surface area (Å²) in [6, 6.07) is 9.76. The van der Waals surface area contributed by atoms with E-state index >= 15 is 0 Å². The van der Waals surface area contributed by atoms with Gasteiger partial charge in [-0.05, 0) is 25.5 Å². The number of halogens is 3. The molecule has 0 aliphatic rings. The molecule has 0 radical (unpaired) electrons. The minimum atomic E-state index is -4.50. The summed E-state index contributed by atoms with van der Waals surface area (Å²) >= 11 is 0. The summed E-state index contributed by atoms with van der Waals surface area (Å²) in [4.78, 5) is 13.1. The maximum absolute atomic E-state index is 11.8. The Hall–Kier alpha value is -1.92. The van der Waals surface area contributed by atoms with Crippen molar-refractivity contribution >= 4 is 11.8 Å². The Morgan fingerprint density at radius 3 is 2.52 bits per heavy atom. The van der Waals surface area contributed by atoms with Crippen molar-refractivity contribution < 1.29 is 22.7 Å². The smallest absolute Gasteiger partial charge is 0.422 e. The number of amides is 1. The molecule has 0 heterocycles. The first-order valence-corrected chi connectivity index (χ1v) is 6.69. The van der Waals surface area contributed by atoms with E-state index in [-0.39, 0.29) is 6.54 Å². The van der Waals surface area contributed by atoms with E-state index in [9.17, 15) is 18.0 Å². The standard InChI is InChI=1S/C14H19F3N2O2/c1-2-19(12-7-4-3-5-8-12)10-6-9-18-13(20)21-11-14(15,16)17/h3-5,7-8H,2,6,9-11H2,1H3,(H,18,20). The summed E-state index contributed by atoms with van der Waals surface area (Å²) in [6.07, 6.45) is -4.93. The van der Waals surface area contributed by atoms with Crippen LogP contribution in [0.3, 0.4) is 0 Å². The van der Waals surface area contributed by atoms with Gasteiger partial charge in [-0.1, -0.05) is 18.2 Å². The van der Waals surface area contributed by atoms with Crippen LogP contribution in [0.5, 0.6) is 0 Å². The average molecular weight is 304 g/mol. The number of ether oxygens (including phenoxy) is 1.